The number of hydrogen-bond acceptors (Lipinski definition) is 0. The van der Waals surface area contributed by atoms with E-state index in [1.807, 2.05) is 12.1 Å². The Morgan fingerprint density at radius 2 is 1.30 bits per heavy atom. The Morgan fingerprint density at radius 3 is 2.15 bits per heavy atom. The molecule has 0 radical (unpaired) electrons. The van der Waals surface area contributed by atoms with Gasteiger partial charge in [-0.25, -0.2) is 0 Å². The third kappa shape index (κ3) is 1.82. The highest BCUT2D eigenvalue weighted by molar-refractivity contribution is 5.85. The minimum absolute atomic E-state index is 1.11. The molecule has 0 atom stereocenters. The number of rotatable bonds is 2. The molecule has 20 heavy (non-hydrogen) atoms. The smallest absolute Gasteiger partial charge is 0.0630 e. The fraction of sp³-hybridized carbons (Fsp3) is 0. The maximum absolute atomic E-state index is 3.48. The molecule has 0 saturated heterocycles. The monoisotopic (exact) mass is 258 g/mol. The van der Waals surface area contributed by atoms with Gasteiger partial charge in [0.25, 0.3) is 0 Å². The average Bonchev–Trinajstić information content (AvgIpc) is 3.14. The van der Waals surface area contributed by atoms with Crippen LogP contribution >= 0.6 is 0 Å². The highest BCUT2D eigenvalue weighted by Gasteiger charge is 2.06. The third-order valence-corrected chi connectivity index (χ3v) is 3.59. The minimum atomic E-state index is 1.11. The normalized spacial score (nSPS) is 11.0. The first-order valence-electron chi connectivity index (χ1n) is 6.73. The van der Waals surface area contributed by atoms with Crippen LogP contribution in [-0.4, -0.2) is 9.97 Å². The molecule has 0 fully saturated rings. The van der Waals surface area contributed by atoms with Crippen molar-refractivity contribution in [3.05, 3.63) is 72.8 Å². The van der Waals surface area contributed by atoms with Gasteiger partial charge in [-0.3, -0.25) is 0 Å². The van der Waals surface area contributed by atoms with Gasteiger partial charge in [-0.1, -0.05) is 48.5 Å². The highest BCUT2D eigenvalue weighted by Crippen LogP contribution is 2.26. The van der Waals surface area contributed by atoms with E-state index in [1.54, 1.807) is 0 Å². The Bertz CT molecular complexity index is 820. The van der Waals surface area contributed by atoms with E-state index < -0.39 is 0 Å². The maximum Gasteiger partial charge on any atom is 0.0630 e. The van der Waals surface area contributed by atoms with Crippen molar-refractivity contribution in [3.8, 4) is 22.6 Å². The number of hydrogen-bond donors (Lipinski definition) is 2. The van der Waals surface area contributed by atoms with E-state index in [0.717, 1.165) is 17.1 Å². The predicted octanol–water partition coefficient (Wildman–Crippen LogP) is 4.83. The summed E-state index contributed by atoms with van der Waals surface area (Å²) in [5, 5.41) is 1.23. The molecule has 2 aromatic heterocycles. The summed E-state index contributed by atoms with van der Waals surface area (Å²) in [5.41, 5.74) is 5.74. The Hall–Kier alpha value is -2.74. The molecule has 0 aliphatic rings. The number of para-hydroxylation sites is 1. The summed E-state index contributed by atoms with van der Waals surface area (Å²) in [6.45, 7) is 0. The third-order valence-electron chi connectivity index (χ3n) is 3.59. The Balaban J connectivity index is 1.78. The van der Waals surface area contributed by atoms with Crippen LogP contribution in [0, 0.1) is 0 Å². The fourth-order valence-electron chi connectivity index (χ4n) is 2.56. The number of nitrogens with one attached hydrogen (secondary N) is 2. The Labute approximate surface area is 117 Å². The quantitative estimate of drug-likeness (QED) is 0.516. The van der Waals surface area contributed by atoms with Crippen molar-refractivity contribution in [1.29, 1.82) is 0 Å². The second kappa shape index (κ2) is 4.42. The van der Waals surface area contributed by atoms with Gasteiger partial charge < -0.3 is 9.97 Å². The summed E-state index contributed by atoms with van der Waals surface area (Å²) in [4.78, 5) is 6.92. The summed E-state index contributed by atoms with van der Waals surface area (Å²) >= 11 is 0. The molecule has 4 rings (SSSR count). The van der Waals surface area contributed by atoms with Crippen molar-refractivity contribution in [2.45, 2.75) is 0 Å². The van der Waals surface area contributed by atoms with Crippen molar-refractivity contribution < 1.29 is 0 Å². The summed E-state index contributed by atoms with van der Waals surface area (Å²) < 4.78 is 0. The first-order valence-corrected chi connectivity index (χ1v) is 6.73. The zero-order valence-electron chi connectivity index (χ0n) is 10.9. The van der Waals surface area contributed by atoms with E-state index >= 15 is 0 Å². The summed E-state index contributed by atoms with van der Waals surface area (Å²) in [6.07, 6.45) is 0. The number of aromatic amines is 2. The van der Waals surface area contributed by atoms with Crippen LogP contribution in [0.5, 0.6) is 0 Å². The standard InChI is InChI=1S/C18H14N2/c1-2-6-13(7-3-1)16-10-11-17(19-16)18-12-14-8-4-5-9-15(14)20-18/h1-12,19-20H. The molecule has 0 bridgehead atoms. The highest BCUT2D eigenvalue weighted by atomic mass is 14.8. The predicted molar refractivity (Wildman–Crippen MR) is 83.5 cm³/mol. The topological polar surface area (TPSA) is 31.6 Å². The summed E-state index contributed by atoms with van der Waals surface area (Å²) in [6, 6.07) is 25.1. The number of benzene rings is 2. The second-order valence-electron chi connectivity index (χ2n) is 4.92. The molecular formula is C18H14N2. The maximum atomic E-state index is 3.48. The summed E-state index contributed by atoms with van der Waals surface area (Å²) in [7, 11) is 0. The largest absolute Gasteiger partial charge is 0.353 e. The lowest BCUT2D eigenvalue weighted by Crippen LogP contribution is -1.79. The van der Waals surface area contributed by atoms with Crippen molar-refractivity contribution in [2.75, 3.05) is 0 Å². The lowest BCUT2D eigenvalue weighted by atomic mass is 10.2. The van der Waals surface area contributed by atoms with Gasteiger partial charge in [-0.05, 0) is 29.8 Å². The molecular weight excluding hydrogens is 244 g/mol. The van der Waals surface area contributed by atoms with E-state index in [4.69, 9.17) is 0 Å². The Morgan fingerprint density at radius 1 is 0.550 bits per heavy atom. The van der Waals surface area contributed by atoms with Crippen molar-refractivity contribution in [1.82, 2.24) is 9.97 Å². The molecule has 2 nitrogen and oxygen atoms in total. The van der Waals surface area contributed by atoms with Crippen LogP contribution in [0.1, 0.15) is 0 Å². The van der Waals surface area contributed by atoms with Crippen LogP contribution in [0.3, 0.4) is 0 Å². The zero-order valence-corrected chi connectivity index (χ0v) is 10.9. The van der Waals surface area contributed by atoms with Crippen LogP contribution in [0.25, 0.3) is 33.5 Å². The van der Waals surface area contributed by atoms with Gasteiger partial charge in [0.15, 0.2) is 0 Å². The molecule has 0 saturated carbocycles. The first kappa shape index (κ1) is 11.1. The fourth-order valence-corrected chi connectivity index (χ4v) is 2.56. The van der Waals surface area contributed by atoms with Crippen molar-refractivity contribution >= 4 is 10.9 Å². The molecule has 4 aromatic rings. The van der Waals surface area contributed by atoms with E-state index in [-0.39, 0.29) is 0 Å². The number of H-pyrrole nitrogens is 2. The van der Waals surface area contributed by atoms with Crippen LogP contribution in [0.2, 0.25) is 0 Å². The van der Waals surface area contributed by atoms with Crippen molar-refractivity contribution in [2.24, 2.45) is 0 Å². The lowest BCUT2D eigenvalue weighted by Gasteiger charge is -1.97. The molecule has 0 spiro atoms. The van der Waals surface area contributed by atoms with Crippen LogP contribution in [0.15, 0.2) is 72.8 Å². The van der Waals surface area contributed by atoms with Gasteiger partial charge in [0, 0.05) is 16.6 Å². The molecule has 0 aliphatic carbocycles. The van der Waals surface area contributed by atoms with Crippen LogP contribution < -0.4 is 0 Å². The zero-order chi connectivity index (χ0) is 13.4. The molecule has 0 amide bonds. The number of fused-ring (bicyclic) bond motifs is 1. The molecule has 2 heteroatoms. The first-order chi connectivity index (χ1) is 9.90. The van der Waals surface area contributed by atoms with Gasteiger partial charge in [-0.2, -0.15) is 0 Å². The molecule has 0 unspecified atom stereocenters. The molecule has 0 aliphatic heterocycles. The average molecular weight is 258 g/mol. The van der Waals surface area contributed by atoms with Gasteiger partial charge in [0.1, 0.15) is 0 Å². The molecule has 2 aromatic carbocycles. The van der Waals surface area contributed by atoms with E-state index in [1.165, 1.54) is 16.5 Å². The van der Waals surface area contributed by atoms with Gasteiger partial charge in [0.2, 0.25) is 0 Å². The Kier molecular flexibility index (Phi) is 2.46. The molecule has 96 valence electrons. The molecule has 2 heterocycles. The summed E-state index contributed by atoms with van der Waals surface area (Å²) in [5.74, 6) is 0. The number of aromatic nitrogens is 2. The van der Waals surface area contributed by atoms with Crippen molar-refractivity contribution in [3.63, 3.8) is 0 Å². The van der Waals surface area contributed by atoms with E-state index in [0.29, 0.717) is 0 Å². The molecule has 2 N–H and O–H groups in total. The van der Waals surface area contributed by atoms with Crippen LogP contribution in [-0.2, 0) is 0 Å². The van der Waals surface area contributed by atoms with Crippen LogP contribution in [0.4, 0.5) is 0 Å². The SMILES string of the molecule is c1ccc(-c2ccc(-c3cc4ccccc4[nH]3)[nH]2)cc1. The second-order valence-corrected chi connectivity index (χ2v) is 4.92. The minimum Gasteiger partial charge on any atom is -0.353 e. The van der Waals surface area contributed by atoms with E-state index in [9.17, 15) is 0 Å². The van der Waals surface area contributed by atoms with Gasteiger partial charge in [0.05, 0.1) is 11.4 Å². The van der Waals surface area contributed by atoms with Gasteiger partial charge in [-0.15, -0.1) is 0 Å². The van der Waals surface area contributed by atoms with Gasteiger partial charge >= 0.3 is 0 Å². The van der Waals surface area contributed by atoms with E-state index in [2.05, 4.69) is 70.6 Å². The lowest BCUT2D eigenvalue weighted by molar-refractivity contribution is 1.35.